The van der Waals surface area contributed by atoms with Gasteiger partial charge in [0.05, 0.1) is 6.10 Å². The van der Waals surface area contributed by atoms with E-state index in [1.165, 1.54) is 0 Å². The van der Waals surface area contributed by atoms with Crippen molar-refractivity contribution >= 4 is 15.8 Å². The van der Waals surface area contributed by atoms with Crippen LogP contribution in [-0.4, -0.2) is 54.0 Å². The number of rotatable bonds is 6. The summed E-state index contributed by atoms with van der Waals surface area (Å²) in [5.74, 6) is -0.644. The van der Waals surface area contributed by atoms with Crippen molar-refractivity contribution in [3.05, 3.63) is 29.8 Å². The van der Waals surface area contributed by atoms with Gasteiger partial charge in [-0.05, 0) is 31.5 Å². The molecule has 1 unspecified atom stereocenters. The van der Waals surface area contributed by atoms with Gasteiger partial charge in [0.2, 0.25) is 0 Å². The van der Waals surface area contributed by atoms with E-state index < -0.39 is 22.0 Å². The Morgan fingerprint density at radius 1 is 1.30 bits per heavy atom. The van der Waals surface area contributed by atoms with E-state index in [-0.39, 0.29) is 17.5 Å². The van der Waals surface area contributed by atoms with Crippen LogP contribution in [0.3, 0.4) is 0 Å². The molecule has 0 aliphatic heterocycles. The smallest absolute Gasteiger partial charge is 0.267 e. The van der Waals surface area contributed by atoms with Gasteiger partial charge < -0.3 is 21.0 Å². The molecule has 0 spiro atoms. The summed E-state index contributed by atoms with van der Waals surface area (Å²) in [4.78, 5) is 1.86. The predicted molar refractivity (Wildman–Crippen MR) is 78.7 cm³/mol. The van der Waals surface area contributed by atoms with E-state index in [4.69, 9.17) is 4.55 Å². The number of aryl methyl sites for hydroxylation is 1. The Hall–Kier alpha value is -1.19. The normalized spacial score (nSPS) is 12.0. The largest absolute Gasteiger partial charge is 0.412 e. The third-order valence-electron chi connectivity index (χ3n) is 2.58. The quantitative estimate of drug-likeness (QED) is 0.676. The molecular weight excluding hydrogens is 286 g/mol. The molecule has 1 aromatic rings. The minimum absolute atomic E-state index is 0. The molecule has 0 radical (unpaired) electrons. The van der Waals surface area contributed by atoms with Crippen molar-refractivity contribution in [1.29, 1.82) is 0 Å². The molecule has 20 heavy (non-hydrogen) atoms. The van der Waals surface area contributed by atoms with E-state index in [9.17, 15) is 13.5 Å². The highest BCUT2D eigenvalue weighted by atomic mass is 32.2. The lowest BCUT2D eigenvalue weighted by Crippen LogP contribution is -2.36. The average Bonchev–Trinajstić information content (AvgIpc) is 2.23. The van der Waals surface area contributed by atoms with E-state index in [1.54, 1.807) is 0 Å². The minimum atomic E-state index is -4.14. The van der Waals surface area contributed by atoms with Gasteiger partial charge in [-0.3, -0.25) is 4.55 Å². The number of aliphatic hydroxyl groups excluding tert-OH is 1. The molecule has 1 rings (SSSR count). The third-order valence-corrected chi connectivity index (χ3v) is 3.39. The fourth-order valence-corrected chi connectivity index (χ4v) is 2.38. The molecule has 0 saturated carbocycles. The Balaban J connectivity index is 0. The van der Waals surface area contributed by atoms with Gasteiger partial charge in [0.25, 0.3) is 10.1 Å². The fraction of sp³-hybridized carbons (Fsp3) is 0.500. The molecule has 0 amide bonds. The van der Waals surface area contributed by atoms with Crippen LogP contribution in [0.15, 0.2) is 24.3 Å². The molecule has 0 heterocycles. The highest BCUT2D eigenvalue weighted by Gasteiger charge is 2.17. The van der Waals surface area contributed by atoms with Gasteiger partial charge in [-0.15, -0.1) is 0 Å². The lowest BCUT2D eigenvalue weighted by molar-refractivity contribution is 0.200. The first-order valence-corrected chi connectivity index (χ1v) is 7.37. The molecule has 0 aromatic heterocycles. The molecule has 1 aromatic carbocycles. The molecule has 7 nitrogen and oxygen atoms in total. The molecule has 0 saturated heterocycles. The van der Waals surface area contributed by atoms with E-state index in [0.717, 1.165) is 11.3 Å². The van der Waals surface area contributed by atoms with Crippen molar-refractivity contribution in [2.75, 3.05) is 23.7 Å². The Labute approximate surface area is 119 Å². The maximum Gasteiger partial charge on any atom is 0.267 e. The number of likely N-dealkylation sites (N-methyl/N-ethyl adjacent to an activating group) is 1. The fourth-order valence-electron chi connectivity index (χ4n) is 1.79. The highest BCUT2D eigenvalue weighted by molar-refractivity contribution is 7.85. The van der Waals surface area contributed by atoms with Crippen LogP contribution in [0.5, 0.6) is 0 Å². The van der Waals surface area contributed by atoms with Crippen molar-refractivity contribution in [2.45, 2.75) is 20.0 Å². The van der Waals surface area contributed by atoms with Crippen LogP contribution >= 0.6 is 0 Å². The number of hydrogen-bond donors (Lipinski definition) is 2. The monoisotopic (exact) mass is 309 g/mol. The first kappa shape index (κ1) is 21.1. The average molecular weight is 309 g/mol. The van der Waals surface area contributed by atoms with Crippen molar-refractivity contribution in [3.8, 4) is 0 Å². The third kappa shape index (κ3) is 7.41. The van der Waals surface area contributed by atoms with Gasteiger partial charge in [0.15, 0.2) is 0 Å². The number of benzene rings is 1. The second kappa shape index (κ2) is 8.88. The van der Waals surface area contributed by atoms with E-state index >= 15 is 0 Å². The van der Waals surface area contributed by atoms with Gasteiger partial charge >= 0.3 is 0 Å². The summed E-state index contributed by atoms with van der Waals surface area (Å²) in [7, 11) is -4.14. The molecule has 1 atom stereocenters. The van der Waals surface area contributed by atoms with E-state index in [1.807, 2.05) is 43.0 Å². The van der Waals surface area contributed by atoms with Crippen LogP contribution in [-0.2, 0) is 10.1 Å². The summed E-state index contributed by atoms with van der Waals surface area (Å²) in [5, 5.41) is 9.64. The molecular formula is C12H23NO6S. The Morgan fingerprint density at radius 2 is 1.90 bits per heavy atom. The zero-order valence-corrected chi connectivity index (χ0v) is 12.4. The summed E-state index contributed by atoms with van der Waals surface area (Å²) in [6.45, 7) is 4.69. The van der Waals surface area contributed by atoms with Crippen LogP contribution in [0.4, 0.5) is 5.69 Å². The van der Waals surface area contributed by atoms with Crippen molar-refractivity contribution < 1.29 is 29.0 Å². The SMILES string of the molecule is CCN(CC(O)CS(=O)(=O)O)c1cccc(C)c1.O.O. The van der Waals surface area contributed by atoms with E-state index in [0.29, 0.717) is 6.54 Å². The summed E-state index contributed by atoms with van der Waals surface area (Å²) < 4.78 is 30.0. The summed E-state index contributed by atoms with van der Waals surface area (Å²) in [6, 6.07) is 7.73. The zero-order valence-electron chi connectivity index (χ0n) is 11.6. The van der Waals surface area contributed by atoms with Crippen LogP contribution in [0, 0.1) is 6.92 Å². The highest BCUT2D eigenvalue weighted by Crippen LogP contribution is 2.16. The molecule has 0 fully saturated rings. The van der Waals surface area contributed by atoms with Gasteiger partial charge in [-0.25, -0.2) is 0 Å². The number of nitrogens with zero attached hydrogens (tertiary/aromatic N) is 1. The van der Waals surface area contributed by atoms with Crippen molar-refractivity contribution in [1.82, 2.24) is 0 Å². The number of aliphatic hydroxyl groups is 1. The Bertz CT molecular complexity index is 490. The molecule has 6 N–H and O–H groups in total. The number of hydrogen-bond acceptors (Lipinski definition) is 4. The minimum Gasteiger partial charge on any atom is -0.412 e. The lowest BCUT2D eigenvalue weighted by atomic mass is 10.2. The second-order valence-corrected chi connectivity index (χ2v) is 5.78. The van der Waals surface area contributed by atoms with Gasteiger partial charge in [-0.2, -0.15) is 8.42 Å². The number of anilines is 1. The second-order valence-electron chi connectivity index (χ2n) is 4.28. The molecule has 0 aliphatic carbocycles. The molecule has 0 aliphatic rings. The van der Waals surface area contributed by atoms with E-state index in [2.05, 4.69) is 0 Å². The van der Waals surface area contributed by atoms with Gasteiger partial charge in [-0.1, -0.05) is 12.1 Å². The van der Waals surface area contributed by atoms with Crippen LogP contribution in [0.1, 0.15) is 12.5 Å². The van der Waals surface area contributed by atoms with Crippen LogP contribution in [0.2, 0.25) is 0 Å². The first-order chi connectivity index (χ1) is 8.31. The predicted octanol–water partition coefficient (Wildman–Crippen LogP) is -0.579. The molecule has 118 valence electrons. The van der Waals surface area contributed by atoms with Gasteiger partial charge in [0, 0.05) is 18.8 Å². The van der Waals surface area contributed by atoms with Crippen LogP contribution in [0.25, 0.3) is 0 Å². The maximum absolute atomic E-state index is 10.7. The zero-order chi connectivity index (χ0) is 13.8. The Kier molecular flexibility index (Phi) is 9.37. The lowest BCUT2D eigenvalue weighted by Gasteiger charge is -2.25. The molecule has 8 heteroatoms. The summed E-state index contributed by atoms with van der Waals surface area (Å²) in [5.41, 5.74) is 2.02. The standard InChI is InChI=1S/C12H19NO4S.2H2O/c1-3-13(8-12(14)9-18(15,16)17)11-6-4-5-10(2)7-11;;/h4-7,12,14H,3,8-9H2,1-2H3,(H,15,16,17);2*1H2. The van der Waals surface area contributed by atoms with Gasteiger partial charge in [0.1, 0.15) is 5.75 Å². The van der Waals surface area contributed by atoms with Crippen LogP contribution < -0.4 is 4.90 Å². The summed E-state index contributed by atoms with van der Waals surface area (Å²) >= 11 is 0. The van der Waals surface area contributed by atoms with Crippen molar-refractivity contribution in [2.24, 2.45) is 0 Å². The maximum atomic E-state index is 10.7. The molecule has 0 bridgehead atoms. The topological polar surface area (TPSA) is 141 Å². The first-order valence-electron chi connectivity index (χ1n) is 5.76. The Morgan fingerprint density at radius 3 is 2.35 bits per heavy atom. The summed E-state index contributed by atoms with van der Waals surface area (Å²) in [6.07, 6.45) is -1.11. The van der Waals surface area contributed by atoms with Crippen molar-refractivity contribution in [3.63, 3.8) is 0 Å².